The van der Waals surface area contributed by atoms with Crippen molar-refractivity contribution in [2.75, 3.05) is 7.11 Å². The molecule has 0 saturated carbocycles. The SMILES string of the molecule is COC(=O)c1c(O)ccc2oc(=O)c(CC=C(C)C)c(O)c12. The fourth-order valence-corrected chi connectivity index (χ4v) is 2.10. The highest BCUT2D eigenvalue weighted by Gasteiger charge is 2.23. The quantitative estimate of drug-likeness (QED) is 0.514. The first-order valence-corrected chi connectivity index (χ1v) is 6.59. The van der Waals surface area contributed by atoms with Gasteiger partial charge in [-0.1, -0.05) is 11.6 Å². The Morgan fingerprint density at radius 1 is 1.32 bits per heavy atom. The summed E-state index contributed by atoms with van der Waals surface area (Å²) in [5, 5.41) is 20.2. The summed E-state index contributed by atoms with van der Waals surface area (Å²) < 4.78 is 9.74. The van der Waals surface area contributed by atoms with Gasteiger partial charge in [-0.2, -0.15) is 0 Å². The number of allylic oxidation sites excluding steroid dienone is 2. The Kier molecular flexibility index (Phi) is 4.21. The average Bonchev–Trinajstić information content (AvgIpc) is 2.46. The van der Waals surface area contributed by atoms with Crippen molar-refractivity contribution in [3.05, 3.63) is 45.3 Å². The standard InChI is InChI=1S/C16H16O6/c1-8(2)4-5-9-14(18)13-11(22-15(9)19)7-6-10(17)12(13)16(20)21-3/h4,6-7,17-18H,5H2,1-3H3. The smallest absolute Gasteiger partial charge is 0.343 e. The summed E-state index contributed by atoms with van der Waals surface area (Å²) in [7, 11) is 1.15. The monoisotopic (exact) mass is 304 g/mol. The molecule has 1 aromatic carbocycles. The molecule has 0 aliphatic carbocycles. The molecule has 0 fully saturated rings. The third-order valence-electron chi connectivity index (χ3n) is 3.22. The van der Waals surface area contributed by atoms with Crippen molar-refractivity contribution in [1.29, 1.82) is 0 Å². The van der Waals surface area contributed by atoms with E-state index < -0.39 is 11.6 Å². The van der Waals surface area contributed by atoms with Crippen LogP contribution in [0.25, 0.3) is 11.0 Å². The van der Waals surface area contributed by atoms with Gasteiger partial charge in [-0.15, -0.1) is 0 Å². The fraction of sp³-hybridized carbons (Fsp3) is 0.250. The van der Waals surface area contributed by atoms with Gasteiger partial charge in [0.25, 0.3) is 0 Å². The van der Waals surface area contributed by atoms with Gasteiger partial charge in [0.05, 0.1) is 18.1 Å². The first-order chi connectivity index (χ1) is 10.4. The normalized spacial score (nSPS) is 10.5. The van der Waals surface area contributed by atoms with E-state index in [-0.39, 0.29) is 40.0 Å². The van der Waals surface area contributed by atoms with E-state index in [1.165, 1.54) is 12.1 Å². The van der Waals surface area contributed by atoms with E-state index in [0.29, 0.717) is 0 Å². The van der Waals surface area contributed by atoms with Crippen molar-refractivity contribution in [1.82, 2.24) is 0 Å². The number of rotatable bonds is 3. The first-order valence-electron chi connectivity index (χ1n) is 6.59. The number of fused-ring (bicyclic) bond motifs is 1. The van der Waals surface area contributed by atoms with Gasteiger partial charge < -0.3 is 19.4 Å². The lowest BCUT2D eigenvalue weighted by Gasteiger charge is -2.10. The Bertz CT molecular complexity index is 825. The summed E-state index contributed by atoms with van der Waals surface area (Å²) in [6, 6.07) is 2.51. The van der Waals surface area contributed by atoms with Gasteiger partial charge in [0.2, 0.25) is 0 Å². The first kappa shape index (κ1) is 15.6. The Morgan fingerprint density at radius 3 is 2.59 bits per heavy atom. The van der Waals surface area contributed by atoms with Gasteiger partial charge >= 0.3 is 11.6 Å². The molecular weight excluding hydrogens is 288 g/mol. The minimum absolute atomic E-state index is 0.00153. The number of esters is 1. The highest BCUT2D eigenvalue weighted by atomic mass is 16.5. The molecule has 0 saturated heterocycles. The molecule has 1 heterocycles. The molecule has 0 bridgehead atoms. The van der Waals surface area contributed by atoms with Crippen LogP contribution in [0.5, 0.6) is 11.5 Å². The molecule has 116 valence electrons. The van der Waals surface area contributed by atoms with Crippen molar-refractivity contribution < 1.29 is 24.2 Å². The molecule has 22 heavy (non-hydrogen) atoms. The maximum absolute atomic E-state index is 12.0. The van der Waals surface area contributed by atoms with Gasteiger partial charge in [-0.3, -0.25) is 0 Å². The number of phenols is 1. The molecule has 0 amide bonds. The van der Waals surface area contributed by atoms with Crippen LogP contribution in [0.15, 0.2) is 33.0 Å². The number of carbonyl (C=O) groups excluding carboxylic acids is 1. The zero-order valence-electron chi connectivity index (χ0n) is 12.5. The maximum atomic E-state index is 12.0. The molecule has 0 aliphatic rings. The van der Waals surface area contributed by atoms with E-state index in [2.05, 4.69) is 4.74 Å². The third kappa shape index (κ3) is 2.67. The molecule has 0 radical (unpaired) electrons. The van der Waals surface area contributed by atoms with E-state index in [4.69, 9.17) is 4.42 Å². The number of carbonyl (C=O) groups is 1. The van der Waals surface area contributed by atoms with Gasteiger partial charge in [0.1, 0.15) is 22.6 Å². The third-order valence-corrected chi connectivity index (χ3v) is 3.22. The molecule has 2 aromatic rings. The van der Waals surface area contributed by atoms with Crippen LogP contribution in [0.3, 0.4) is 0 Å². The minimum atomic E-state index is -0.833. The lowest BCUT2D eigenvalue weighted by Crippen LogP contribution is -2.10. The number of hydrogen-bond acceptors (Lipinski definition) is 6. The van der Waals surface area contributed by atoms with Crippen LogP contribution in [-0.2, 0) is 11.2 Å². The summed E-state index contributed by atoms with van der Waals surface area (Å²) in [5.74, 6) is -1.59. The molecule has 0 unspecified atom stereocenters. The predicted octanol–water partition coefficient (Wildman–Crippen LogP) is 2.50. The highest BCUT2D eigenvalue weighted by Crippen LogP contribution is 2.35. The molecule has 0 atom stereocenters. The predicted molar refractivity (Wildman–Crippen MR) is 80.3 cm³/mol. The van der Waals surface area contributed by atoms with Crippen LogP contribution in [-0.4, -0.2) is 23.3 Å². The minimum Gasteiger partial charge on any atom is -0.507 e. The summed E-state index contributed by atoms with van der Waals surface area (Å²) in [4.78, 5) is 23.8. The highest BCUT2D eigenvalue weighted by molar-refractivity contribution is 6.08. The van der Waals surface area contributed by atoms with Crippen molar-refractivity contribution in [3.8, 4) is 11.5 Å². The van der Waals surface area contributed by atoms with Crippen molar-refractivity contribution in [2.45, 2.75) is 20.3 Å². The van der Waals surface area contributed by atoms with Crippen LogP contribution in [0.4, 0.5) is 0 Å². The Balaban J connectivity index is 2.84. The number of ether oxygens (including phenoxy) is 1. The second-order valence-corrected chi connectivity index (χ2v) is 5.03. The summed E-state index contributed by atoms with van der Waals surface area (Å²) in [5.41, 5.74) is 0.0535. The van der Waals surface area contributed by atoms with Crippen LogP contribution in [0.2, 0.25) is 0 Å². The average molecular weight is 304 g/mol. The lowest BCUT2D eigenvalue weighted by molar-refractivity contribution is 0.0599. The summed E-state index contributed by atoms with van der Waals surface area (Å²) in [6.07, 6.45) is 1.90. The van der Waals surface area contributed by atoms with Crippen molar-refractivity contribution in [2.24, 2.45) is 0 Å². The van der Waals surface area contributed by atoms with Gasteiger partial charge in [0, 0.05) is 6.42 Å². The van der Waals surface area contributed by atoms with Crippen LogP contribution in [0.1, 0.15) is 29.8 Å². The number of hydrogen-bond donors (Lipinski definition) is 2. The number of methoxy groups -OCH3 is 1. The molecule has 2 N–H and O–H groups in total. The van der Waals surface area contributed by atoms with E-state index in [0.717, 1.165) is 12.7 Å². The lowest BCUT2D eigenvalue weighted by atomic mass is 10.0. The second kappa shape index (κ2) is 5.93. The zero-order chi connectivity index (χ0) is 16.4. The van der Waals surface area contributed by atoms with E-state index in [1.807, 2.05) is 13.8 Å². The van der Waals surface area contributed by atoms with Crippen LogP contribution < -0.4 is 5.63 Å². The van der Waals surface area contributed by atoms with Crippen molar-refractivity contribution >= 4 is 16.9 Å². The maximum Gasteiger partial charge on any atom is 0.343 e. The topological polar surface area (TPSA) is 97.0 Å². The Hall–Kier alpha value is -2.76. The number of aromatic hydroxyl groups is 2. The second-order valence-electron chi connectivity index (χ2n) is 5.03. The largest absolute Gasteiger partial charge is 0.507 e. The summed E-state index contributed by atoms with van der Waals surface area (Å²) >= 11 is 0. The zero-order valence-corrected chi connectivity index (χ0v) is 12.5. The Morgan fingerprint density at radius 2 is 2.00 bits per heavy atom. The van der Waals surface area contributed by atoms with Gasteiger partial charge in [0.15, 0.2) is 0 Å². The number of phenolic OH excluding ortho intramolecular Hbond substituents is 1. The number of benzene rings is 1. The van der Waals surface area contributed by atoms with Crippen LogP contribution in [0, 0.1) is 0 Å². The Labute approximate surface area is 126 Å². The summed E-state index contributed by atoms with van der Waals surface area (Å²) in [6.45, 7) is 3.71. The molecular formula is C16H16O6. The van der Waals surface area contributed by atoms with Crippen molar-refractivity contribution in [3.63, 3.8) is 0 Å². The fourth-order valence-electron chi connectivity index (χ4n) is 2.10. The molecule has 2 rings (SSSR count). The molecule has 1 aromatic heterocycles. The van der Waals surface area contributed by atoms with E-state index in [9.17, 15) is 19.8 Å². The van der Waals surface area contributed by atoms with E-state index >= 15 is 0 Å². The van der Waals surface area contributed by atoms with Gasteiger partial charge in [-0.05, 0) is 26.0 Å². The molecule has 6 nitrogen and oxygen atoms in total. The molecule has 0 spiro atoms. The molecule has 0 aliphatic heterocycles. The van der Waals surface area contributed by atoms with Gasteiger partial charge in [-0.25, -0.2) is 9.59 Å². The molecule has 6 heteroatoms. The van der Waals surface area contributed by atoms with Crippen LogP contribution >= 0.6 is 0 Å². The van der Waals surface area contributed by atoms with E-state index in [1.54, 1.807) is 6.08 Å².